The second-order valence-electron chi connectivity index (χ2n) is 18.0. The van der Waals surface area contributed by atoms with Gasteiger partial charge in [-0.15, -0.1) is 0 Å². The van der Waals surface area contributed by atoms with Gasteiger partial charge >= 0.3 is 0 Å². The summed E-state index contributed by atoms with van der Waals surface area (Å²) in [5.74, 6) is 0. The molecule has 0 amide bonds. The van der Waals surface area contributed by atoms with Gasteiger partial charge in [-0.05, 0) is 155 Å². The van der Waals surface area contributed by atoms with Gasteiger partial charge in [-0.25, -0.2) is 0 Å². The largest absolute Gasteiger partial charge is 0.310 e. The van der Waals surface area contributed by atoms with Crippen molar-refractivity contribution >= 4 is 17.1 Å². The molecule has 13 rings (SSSR count). The zero-order valence-corrected chi connectivity index (χ0v) is 37.4. The second kappa shape index (κ2) is 16.3. The molecule has 1 heteroatoms. The molecule has 0 unspecified atom stereocenters. The van der Waals surface area contributed by atoms with Crippen molar-refractivity contribution < 1.29 is 0 Å². The number of nitrogens with zero attached hydrogens (tertiary/aromatic N) is 1. The third-order valence-electron chi connectivity index (χ3n) is 14.2. The lowest BCUT2D eigenvalue weighted by Gasteiger charge is -2.30. The fraction of sp³-hybridized carbons (Fsp3) is 0.0149. The highest BCUT2D eigenvalue weighted by atomic mass is 15.1. The fourth-order valence-corrected chi connectivity index (χ4v) is 11.2. The summed E-state index contributed by atoms with van der Waals surface area (Å²) in [6.07, 6.45) is 0. The Morgan fingerprint density at radius 3 is 0.897 bits per heavy atom. The lowest BCUT2D eigenvalue weighted by atomic mass is 9.70. The average molecular weight is 864 g/mol. The molecule has 0 fully saturated rings. The molecule has 2 aliphatic carbocycles. The molecule has 0 atom stereocenters. The van der Waals surface area contributed by atoms with Crippen molar-refractivity contribution in [2.24, 2.45) is 0 Å². The third-order valence-corrected chi connectivity index (χ3v) is 14.2. The van der Waals surface area contributed by atoms with Crippen molar-refractivity contribution in [2.75, 3.05) is 4.90 Å². The van der Waals surface area contributed by atoms with Gasteiger partial charge in [0, 0.05) is 17.1 Å². The molecule has 318 valence electrons. The van der Waals surface area contributed by atoms with Gasteiger partial charge in [0.25, 0.3) is 0 Å². The fourth-order valence-electron chi connectivity index (χ4n) is 11.2. The molecule has 68 heavy (non-hydrogen) atoms. The number of hydrogen-bond acceptors (Lipinski definition) is 1. The topological polar surface area (TPSA) is 3.24 Å². The molecular formula is C67H45N. The maximum atomic E-state index is 2.44. The van der Waals surface area contributed by atoms with Gasteiger partial charge in [0.2, 0.25) is 0 Å². The summed E-state index contributed by atoms with van der Waals surface area (Å²) in [5.41, 5.74) is 25.3. The Morgan fingerprint density at radius 2 is 0.500 bits per heavy atom. The molecule has 0 aromatic heterocycles. The Hall–Kier alpha value is -8.78. The molecule has 0 saturated carbocycles. The predicted octanol–water partition coefficient (Wildman–Crippen LogP) is 17.8. The average Bonchev–Trinajstić information content (AvgIpc) is 3.89. The number of hydrogen-bond donors (Lipinski definition) is 0. The molecule has 2 aliphatic rings. The third kappa shape index (κ3) is 6.47. The molecule has 0 saturated heterocycles. The van der Waals surface area contributed by atoms with Gasteiger partial charge in [-0.1, -0.05) is 218 Å². The molecule has 0 radical (unpaired) electrons. The smallest absolute Gasteiger partial charge is 0.0725 e. The standard InChI is InChI=1S/C67H45N/c1-5-19-46(20-6-1)52-39-53(47-21-7-2-8-22-47)42-57(41-52)68(58-43-54(48-23-9-3-10-24-48)40-55(44-58)49-25-11-4-12-26-49)56-36-33-50(34-37-56)51-35-38-66-62(45-51)61-29-15-18-32-65(61)67(66)63-30-16-13-27-59(63)60-28-14-17-31-64(60)67/h1-45H. The van der Waals surface area contributed by atoms with Gasteiger partial charge in [-0.2, -0.15) is 0 Å². The Balaban J connectivity index is 0.986. The quantitative estimate of drug-likeness (QED) is 0.147. The summed E-state index contributed by atoms with van der Waals surface area (Å²) in [7, 11) is 0. The van der Waals surface area contributed by atoms with E-state index in [0.717, 1.165) is 39.3 Å². The van der Waals surface area contributed by atoms with E-state index in [-0.39, 0.29) is 5.41 Å². The van der Waals surface area contributed by atoms with Crippen LogP contribution in [0.2, 0.25) is 0 Å². The zero-order chi connectivity index (χ0) is 45.0. The normalized spacial score (nSPS) is 12.5. The van der Waals surface area contributed by atoms with Crippen LogP contribution < -0.4 is 4.90 Å². The molecule has 0 N–H and O–H groups in total. The molecule has 0 bridgehead atoms. The lowest BCUT2D eigenvalue weighted by Crippen LogP contribution is -2.25. The van der Waals surface area contributed by atoms with Gasteiger partial charge in [0.15, 0.2) is 0 Å². The number of anilines is 3. The van der Waals surface area contributed by atoms with E-state index in [4.69, 9.17) is 0 Å². The molecule has 11 aromatic rings. The van der Waals surface area contributed by atoms with E-state index < -0.39 is 0 Å². The predicted molar refractivity (Wildman–Crippen MR) is 285 cm³/mol. The van der Waals surface area contributed by atoms with E-state index in [1.54, 1.807) is 0 Å². The number of benzene rings is 11. The van der Waals surface area contributed by atoms with Crippen LogP contribution in [0, 0.1) is 0 Å². The minimum absolute atomic E-state index is 0.359. The molecule has 0 heterocycles. The molecule has 0 aliphatic heterocycles. The maximum absolute atomic E-state index is 2.44. The van der Waals surface area contributed by atoms with Gasteiger partial charge in [0.1, 0.15) is 0 Å². The van der Waals surface area contributed by atoms with Crippen molar-refractivity contribution in [3.63, 3.8) is 0 Å². The number of fused-ring (bicyclic) bond motifs is 10. The first-order valence-electron chi connectivity index (χ1n) is 23.6. The van der Waals surface area contributed by atoms with Crippen molar-refractivity contribution in [1.29, 1.82) is 0 Å². The van der Waals surface area contributed by atoms with Crippen LogP contribution in [0.1, 0.15) is 22.3 Å². The minimum Gasteiger partial charge on any atom is -0.310 e. The van der Waals surface area contributed by atoms with Crippen molar-refractivity contribution in [3.05, 3.63) is 295 Å². The summed E-state index contributed by atoms with van der Waals surface area (Å²) >= 11 is 0. The highest BCUT2D eigenvalue weighted by Crippen LogP contribution is 2.63. The van der Waals surface area contributed by atoms with E-state index >= 15 is 0 Å². The van der Waals surface area contributed by atoms with Crippen LogP contribution in [0.3, 0.4) is 0 Å². The summed E-state index contributed by atoms with van der Waals surface area (Å²) in [6.45, 7) is 0. The van der Waals surface area contributed by atoms with Crippen molar-refractivity contribution in [2.45, 2.75) is 5.41 Å². The van der Waals surface area contributed by atoms with Crippen LogP contribution in [0.5, 0.6) is 0 Å². The van der Waals surface area contributed by atoms with Crippen LogP contribution in [-0.2, 0) is 5.41 Å². The highest BCUT2D eigenvalue weighted by Gasteiger charge is 2.51. The van der Waals surface area contributed by atoms with Gasteiger partial charge in [0.05, 0.1) is 5.41 Å². The van der Waals surface area contributed by atoms with E-state index in [9.17, 15) is 0 Å². The summed E-state index contributed by atoms with van der Waals surface area (Å²) in [5, 5.41) is 0. The minimum atomic E-state index is -0.359. The molecule has 1 spiro atoms. The van der Waals surface area contributed by atoms with Crippen molar-refractivity contribution in [3.8, 4) is 77.9 Å². The van der Waals surface area contributed by atoms with Gasteiger partial charge < -0.3 is 4.90 Å². The van der Waals surface area contributed by atoms with Crippen LogP contribution in [-0.4, -0.2) is 0 Å². The molecular weight excluding hydrogens is 819 g/mol. The summed E-state index contributed by atoms with van der Waals surface area (Å²) in [4.78, 5) is 2.44. The lowest BCUT2D eigenvalue weighted by molar-refractivity contribution is 0.794. The SMILES string of the molecule is c1ccc(-c2cc(-c3ccccc3)cc(N(c3ccc(-c4ccc5c(c4)-c4ccccc4C54c5ccccc5-c5ccccc54)cc3)c3cc(-c4ccccc4)cc(-c4ccccc4)c3)c2)cc1. The Labute approximate surface area is 398 Å². The van der Waals surface area contributed by atoms with Crippen LogP contribution >= 0.6 is 0 Å². The van der Waals surface area contributed by atoms with E-state index in [1.165, 1.54) is 77.9 Å². The first kappa shape index (κ1) is 39.6. The zero-order valence-electron chi connectivity index (χ0n) is 37.4. The van der Waals surface area contributed by atoms with Crippen molar-refractivity contribution in [1.82, 2.24) is 0 Å². The van der Waals surface area contributed by atoms with E-state index in [0.29, 0.717) is 0 Å². The van der Waals surface area contributed by atoms with Gasteiger partial charge in [-0.3, -0.25) is 0 Å². The first-order chi connectivity index (χ1) is 33.7. The van der Waals surface area contributed by atoms with Crippen LogP contribution in [0.25, 0.3) is 77.9 Å². The Kier molecular flexibility index (Phi) is 9.47. The number of rotatable bonds is 8. The van der Waals surface area contributed by atoms with Crippen LogP contribution in [0.15, 0.2) is 273 Å². The Morgan fingerprint density at radius 1 is 0.191 bits per heavy atom. The second-order valence-corrected chi connectivity index (χ2v) is 18.0. The van der Waals surface area contributed by atoms with E-state index in [2.05, 4.69) is 278 Å². The molecule has 11 aromatic carbocycles. The maximum Gasteiger partial charge on any atom is 0.0725 e. The summed E-state index contributed by atoms with van der Waals surface area (Å²) in [6, 6.07) is 101. The Bertz CT molecular complexity index is 3360. The van der Waals surface area contributed by atoms with E-state index in [1.807, 2.05) is 0 Å². The molecule has 1 nitrogen and oxygen atoms in total. The summed E-state index contributed by atoms with van der Waals surface area (Å²) < 4.78 is 0. The first-order valence-corrected chi connectivity index (χ1v) is 23.6. The highest BCUT2D eigenvalue weighted by molar-refractivity contribution is 5.96. The monoisotopic (exact) mass is 863 g/mol. The van der Waals surface area contributed by atoms with Crippen LogP contribution in [0.4, 0.5) is 17.1 Å².